The van der Waals surface area contributed by atoms with Gasteiger partial charge in [0.25, 0.3) is 0 Å². The fourth-order valence-corrected chi connectivity index (χ4v) is 4.36. The molecule has 31 heavy (non-hydrogen) atoms. The number of fused-ring (bicyclic) bond motifs is 1. The Morgan fingerprint density at radius 1 is 1.19 bits per heavy atom. The average Bonchev–Trinajstić information content (AvgIpc) is 3.43. The SMILES string of the molecule is COc1ccccc1-c1cc2nc(C)c(CCC(=O)NCCN3CCCC3)c(C)n2n1. The lowest BCUT2D eigenvalue weighted by molar-refractivity contribution is -0.121. The number of aryl methyl sites for hydroxylation is 2. The minimum atomic E-state index is 0.0910. The molecule has 1 N–H and O–H groups in total. The normalized spacial score (nSPS) is 14.3. The number of carbonyl (C=O) groups excluding carboxylic acids is 1. The van der Waals surface area contributed by atoms with Crippen LogP contribution in [0, 0.1) is 13.8 Å². The van der Waals surface area contributed by atoms with Gasteiger partial charge in [0.1, 0.15) is 5.75 Å². The summed E-state index contributed by atoms with van der Waals surface area (Å²) >= 11 is 0. The van der Waals surface area contributed by atoms with Crippen LogP contribution in [0.2, 0.25) is 0 Å². The van der Waals surface area contributed by atoms with Gasteiger partial charge >= 0.3 is 0 Å². The van der Waals surface area contributed by atoms with E-state index >= 15 is 0 Å². The molecule has 3 heterocycles. The smallest absolute Gasteiger partial charge is 0.220 e. The standard InChI is InChI=1S/C24H31N5O2/c1-17-19(10-11-24(30)25-12-15-28-13-6-7-14-28)18(2)29-23(26-17)16-21(27-29)20-8-4-5-9-22(20)31-3/h4-5,8-9,16H,6-7,10-15H2,1-3H3,(H,25,30). The van der Waals surface area contributed by atoms with Gasteiger partial charge in [0, 0.05) is 42.5 Å². The van der Waals surface area contributed by atoms with E-state index in [2.05, 4.69) is 10.2 Å². The molecule has 1 amide bonds. The largest absolute Gasteiger partial charge is 0.496 e. The average molecular weight is 422 g/mol. The summed E-state index contributed by atoms with van der Waals surface area (Å²) in [5, 5.41) is 7.84. The highest BCUT2D eigenvalue weighted by Crippen LogP contribution is 2.29. The molecular weight excluding hydrogens is 390 g/mol. The number of benzene rings is 1. The van der Waals surface area contributed by atoms with Crippen LogP contribution in [0.25, 0.3) is 16.9 Å². The van der Waals surface area contributed by atoms with Gasteiger partial charge in [-0.25, -0.2) is 9.50 Å². The first-order chi connectivity index (χ1) is 15.1. The lowest BCUT2D eigenvalue weighted by Gasteiger charge is -2.15. The summed E-state index contributed by atoms with van der Waals surface area (Å²) in [6.07, 6.45) is 3.65. The number of likely N-dealkylation sites (tertiary alicyclic amines) is 1. The molecule has 0 bridgehead atoms. The van der Waals surface area contributed by atoms with Crippen LogP contribution < -0.4 is 10.1 Å². The number of carbonyl (C=O) groups is 1. The van der Waals surface area contributed by atoms with E-state index in [0.29, 0.717) is 12.8 Å². The number of ether oxygens (including phenoxy) is 1. The number of nitrogens with zero attached hydrogens (tertiary/aromatic N) is 4. The Morgan fingerprint density at radius 3 is 2.74 bits per heavy atom. The number of aromatic nitrogens is 3. The molecule has 0 saturated carbocycles. The van der Waals surface area contributed by atoms with Crippen LogP contribution in [0.3, 0.4) is 0 Å². The van der Waals surface area contributed by atoms with Gasteiger partial charge in [-0.2, -0.15) is 5.10 Å². The molecule has 0 spiro atoms. The van der Waals surface area contributed by atoms with Crippen LogP contribution >= 0.6 is 0 Å². The van der Waals surface area contributed by atoms with Crippen LogP contribution in [0.4, 0.5) is 0 Å². The van der Waals surface area contributed by atoms with Crippen molar-refractivity contribution in [3.63, 3.8) is 0 Å². The van der Waals surface area contributed by atoms with E-state index in [1.54, 1.807) is 7.11 Å². The number of nitrogens with one attached hydrogen (secondary N) is 1. The van der Waals surface area contributed by atoms with Crippen LogP contribution in [-0.4, -0.2) is 58.7 Å². The van der Waals surface area contributed by atoms with Crippen molar-refractivity contribution in [2.24, 2.45) is 0 Å². The Kier molecular flexibility index (Phi) is 6.51. The van der Waals surface area contributed by atoms with Gasteiger partial charge in [-0.3, -0.25) is 4.79 Å². The lowest BCUT2D eigenvalue weighted by atomic mass is 10.1. The van der Waals surface area contributed by atoms with Crippen LogP contribution in [0.15, 0.2) is 30.3 Å². The van der Waals surface area contributed by atoms with E-state index in [1.807, 2.05) is 48.7 Å². The monoisotopic (exact) mass is 421 g/mol. The summed E-state index contributed by atoms with van der Waals surface area (Å²) in [4.78, 5) is 19.5. The van der Waals surface area contributed by atoms with Gasteiger partial charge in [-0.1, -0.05) is 12.1 Å². The molecule has 4 rings (SSSR count). The second kappa shape index (κ2) is 9.47. The van der Waals surface area contributed by atoms with Crippen molar-refractivity contribution in [3.8, 4) is 17.0 Å². The molecule has 0 radical (unpaired) electrons. The number of methoxy groups -OCH3 is 1. The van der Waals surface area contributed by atoms with E-state index in [1.165, 1.54) is 12.8 Å². The van der Waals surface area contributed by atoms with Crippen molar-refractivity contribution in [2.75, 3.05) is 33.3 Å². The molecule has 0 atom stereocenters. The molecule has 3 aromatic rings. The van der Waals surface area contributed by atoms with Crippen molar-refractivity contribution >= 4 is 11.6 Å². The summed E-state index contributed by atoms with van der Waals surface area (Å²) in [6.45, 7) is 8.01. The number of rotatable bonds is 8. The van der Waals surface area contributed by atoms with Gasteiger partial charge in [-0.15, -0.1) is 0 Å². The molecule has 164 valence electrons. The Labute approximate surface area is 183 Å². The molecule has 7 heteroatoms. The van der Waals surface area contributed by atoms with E-state index < -0.39 is 0 Å². The van der Waals surface area contributed by atoms with Gasteiger partial charge in [0.05, 0.1) is 12.8 Å². The Bertz CT molecular complexity index is 1070. The van der Waals surface area contributed by atoms with E-state index in [4.69, 9.17) is 14.8 Å². The Hall–Kier alpha value is -2.93. The Morgan fingerprint density at radius 2 is 1.97 bits per heavy atom. The van der Waals surface area contributed by atoms with Crippen molar-refractivity contribution in [1.82, 2.24) is 24.8 Å². The highest BCUT2D eigenvalue weighted by atomic mass is 16.5. The summed E-state index contributed by atoms with van der Waals surface area (Å²) in [5.74, 6) is 0.874. The van der Waals surface area contributed by atoms with E-state index in [9.17, 15) is 4.79 Å². The lowest BCUT2D eigenvalue weighted by Crippen LogP contribution is -2.33. The fourth-order valence-electron chi connectivity index (χ4n) is 4.36. The first kappa shape index (κ1) is 21.3. The molecule has 1 aromatic carbocycles. The predicted octanol–water partition coefficient (Wildman–Crippen LogP) is 3.17. The molecule has 0 unspecified atom stereocenters. The quantitative estimate of drug-likeness (QED) is 0.605. The van der Waals surface area contributed by atoms with Crippen LogP contribution in [0.1, 0.15) is 36.2 Å². The summed E-state index contributed by atoms with van der Waals surface area (Å²) < 4.78 is 7.36. The number of amides is 1. The second-order valence-corrected chi connectivity index (χ2v) is 8.16. The molecule has 1 saturated heterocycles. The number of hydrogen-bond acceptors (Lipinski definition) is 5. The van der Waals surface area contributed by atoms with Crippen molar-refractivity contribution in [1.29, 1.82) is 0 Å². The minimum absolute atomic E-state index is 0.0910. The van der Waals surface area contributed by atoms with Crippen molar-refractivity contribution < 1.29 is 9.53 Å². The molecule has 0 aliphatic carbocycles. The maximum absolute atomic E-state index is 12.3. The van der Waals surface area contributed by atoms with Gasteiger partial charge in [-0.05, 0) is 63.9 Å². The molecule has 1 fully saturated rings. The third-order valence-electron chi connectivity index (χ3n) is 6.10. The summed E-state index contributed by atoms with van der Waals surface area (Å²) in [6, 6.07) is 9.82. The minimum Gasteiger partial charge on any atom is -0.496 e. The fraction of sp³-hybridized carbons (Fsp3) is 0.458. The van der Waals surface area contributed by atoms with Gasteiger partial charge in [0.2, 0.25) is 5.91 Å². The molecular formula is C24H31N5O2. The van der Waals surface area contributed by atoms with Crippen molar-refractivity contribution in [3.05, 3.63) is 47.3 Å². The summed E-state index contributed by atoms with van der Waals surface area (Å²) in [5.41, 5.74) is 5.61. The zero-order valence-electron chi connectivity index (χ0n) is 18.6. The second-order valence-electron chi connectivity index (χ2n) is 8.16. The Balaban J connectivity index is 1.46. The molecule has 1 aliphatic rings. The van der Waals surface area contributed by atoms with E-state index in [0.717, 1.165) is 65.8 Å². The van der Waals surface area contributed by atoms with Crippen LogP contribution in [0.5, 0.6) is 5.75 Å². The topological polar surface area (TPSA) is 71.8 Å². The molecule has 1 aliphatic heterocycles. The highest BCUT2D eigenvalue weighted by Gasteiger charge is 2.16. The first-order valence-corrected chi connectivity index (χ1v) is 11.0. The first-order valence-electron chi connectivity index (χ1n) is 11.0. The maximum Gasteiger partial charge on any atom is 0.220 e. The highest BCUT2D eigenvalue weighted by molar-refractivity contribution is 5.76. The van der Waals surface area contributed by atoms with Crippen LogP contribution in [-0.2, 0) is 11.2 Å². The van der Waals surface area contributed by atoms with Crippen molar-refractivity contribution in [2.45, 2.75) is 39.5 Å². The third-order valence-corrected chi connectivity index (χ3v) is 6.10. The molecule has 2 aromatic heterocycles. The molecule has 7 nitrogen and oxygen atoms in total. The van der Waals surface area contributed by atoms with E-state index in [-0.39, 0.29) is 5.91 Å². The zero-order valence-corrected chi connectivity index (χ0v) is 18.6. The number of para-hydroxylation sites is 1. The number of hydrogen-bond donors (Lipinski definition) is 1. The van der Waals surface area contributed by atoms with Gasteiger partial charge < -0.3 is 15.0 Å². The zero-order chi connectivity index (χ0) is 21.8. The maximum atomic E-state index is 12.3. The third kappa shape index (κ3) is 4.71. The summed E-state index contributed by atoms with van der Waals surface area (Å²) in [7, 11) is 1.66. The van der Waals surface area contributed by atoms with Gasteiger partial charge in [0.15, 0.2) is 5.65 Å². The predicted molar refractivity (Wildman–Crippen MR) is 121 cm³/mol.